The van der Waals surface area contributed by atoms with Gasteiger partial charge in [0.25, 0.3) is 5.19 Å². The minimum atomic E-state index is -2.67. The van der Waals surface area contributed by atoms with Gasteiger partial charge in [-0.2, -0.15) is 0 Å². The summed E-state index contributed by atoms with van der Waals surface area (Å²) in [6.45, 7) is 4.99. The molecule has 1 aromatic carbocycles. The number of rotatable bonds is 7. The van der Waals surface area contributed by atoms with E-state index in [-0.39, 0.29) is 17.6 Å². The molecule has 35 heavy (non-hydrogen) atoms. The van der Waals surface area contributed by atoms with Crippen molar-refractivity contribution in [1.29, 1.82) is 0 Å². The van der Waals surface area contributed by atoms with Gasteiger partial charge in [-0.25, -0.2) is 14.5 Å². The molecule has 1 aliphatic heterocycles. The first-order chi connectivity index (χ1) is 19.4. The fraction of sp³-hybridized carbons (Fsp3) is 0.348. The summed E-state index contributed by atoms with van der Waals surface area (Å²) >= 11 is 2.56. The number of methoxy groups -OCH3 is 2. The fourth-order valence-corrected chi connectivity index (χ4v) is 5.43. The Hall–Kier alpha value is -3.35. The van der Waals surface area contributed by atoms with Crippen molar-refractivity contribution < 1.29 is 31.6 Å². The summed E-state index contributed by atoms with van der Waals surface area (Å²) in [5.74, 6) is 0.771. The summed E-state index contributed by atoms with van der Waals surface area (Å²) in [6.07, 6.45) is 1.57. The second-order valence-corrected chi connectivity index (χ2v) is 9.86. The molecule has 0 bridgehead atoms. The normalized spacial score (nSPS) is 17.5. The predicted octanol–water partition coefficient (Wildman–Crippen LogP) is 4.40. The average molecular weight is 520 g/mol. The third kappa shape index (κ3) is 4.17. The van der Waals surface area contributed by atoms with Gasteiger partial charge in [-0.15, -0.1) is 16.4 Å². The fourth-order valence-electron chi connectivity index (χ4n) is 3.81. The van der Waals surface area contributed by atoms with Crippen LogP contribution in [0.3, 0.4) is 0 Å². The summed E-state index contributed by atoms with van der Waals surface area (Å²) < 4.78 is 73.3. The molecule has 0 N–H and O–H groups in total. The van der Waals surface area contributed by atoms with E-state index >= 15 is 0 Å². The van der Waals surface area contributed by atoms with E-state index in [1.165, 1.54) is 16.6 Å². The maximum atomic E-state index is 7.52. The number of aryl methyl sites for hydroxylation is 1. The van der Waals surface area contributed by atoms with E-state index in [1.54, 1.807) is 23.6 Å². The highest BCUT2D eigenvalue weighted by Crippen LogP contribution is 2.38. The van der Waals surface area contributed by atoms with Crippen LogP contribution in [0.4, 0.5) is 5.13 Å². The van der Waals surface area contributed by atoms with Crippen molar-refractivity contribution >= 4 is 43.7 Å². The molecule has 12 heteroatoms. The van der Waals surface area contributed by atoms with Crippen molar-refractivity contribution in [2.75, 3.05) is 45.3 Å². The molecule has 4 aromatic heterocycles. The number of anilines is 1. The molecule has 0 saturated carbocycles. The molecule has 0 radical (unpaired) electrons. The lowest BCUT2D eigenvalue weighted by Crippen LogP contribution is -2.36. The predicted molar refractivity (Wildman–Crippen MR) is 133 cm³/mol. The highest BCUT2D eigenvalue weighted by molar-refractivity contribution is 7.18. The van der Waals surface area contributed by atoms with E-state index in [0.29, 0.717) is 46.3 Å². The first-order valence-corrected chi connectivity index (χ1v) is 12.3. The van der Waals surface area contributed by atoms with E-state index in [1.807, 2.05) is 6.92 Å². The van der Waals surface area contributed by atoms with Crippen LogP contribution >= 0.6 is 22.7 Å². The first-order valence-electron chi connectivity index (χ1n) is 13.6. The van der Waals surface area contributed by atoms with Crippen molar-refractivity contribution in [1.82, 2.24) is 19.6 Å². The van der Waals surface area contributed by atoms with Crippen LogP contribution in [0.25, 0.3) is 27.4 Å². The maximum absolute atomic E-state index is 7.52. The number of hydrogen-bond acceptors (Lipinski definition) is 11. The molecule has 0 unspecified atom stereocenters. The number of thiazole rings is 1. The molecule has 5 heterocycles. The van der Waals surface area contributed by atoms with Gasteiger partial charge in [-0.3, -0.25) is 0 Å². The Morgan fingerprint density at radius 2 is 2.00 bits per heavy atom. The SMILES string of the molecule is [2H]C([2H])([2H])Oc1cc(OCc2nc(N3CCOCC3)sc2C)c2cc(-c3cn4nc(OC([2H])([2H])[2H])sc4n3)oc2c1. The lowest BCUT2D eigenvalue weighted by molar-refractivity contribution is 0.122. The van der Waals surface area contributed by atoms with Gasteiger partial charge in [0.05, 0.1) is 52.8 Å². The van der Waals surface area contributed by atoms with Gasteiger partial charge >= 0.3 is 0 Å². The Bertz CT molecular complexity index is 1670. The lowest BCUT2D eigenvalue weighted by Gasteiger charge is -2.26. The molecule has 0 aliphatic carbocycles. The number of morpholine rings is 1. The second kappa shape index (κ2) is 9.02. The Kier molecular flexibility index (Phi) is 4.21. The third-order valence-electron chi connectivity index (χ3n) is 5.58. The van der Waals surface area contributed by atoms with E-state index in [9.17, 15) is 0 Å². The topological polar surface area (TPSA) is 96.4 Å². The van der Waals surface area contributed by atoms with Gasteiger partial charge in [-0.05, 0) is 24.3 Å². The zero-order valence-corrected chi connectivity index (χ0v) is 20.1. The number of fused-ring (bicyclic) bond motifs is 2. The number of aromatic nitrogens is 4. The van der Waals surface area contributed by atoms with Gasteiger partial charge in [0.15, 0.2) is 10.9 Å². The molecule has 0 amide bonds. The maximum Gasteiger partial charge on any atom is 0.294 e. The smallest absolute Gasteiger partial charge is 0.294 e. The standard InChI is InChI=1S/C23H23N5O5S2/c1-13-17(25-21(34-13)27-4-6-31-7-5-27)12-32-18-8-14(29-2)9-19-15(18)10-20(33-19)16-11-28-22(24-16)35-23(26-28)30-3/h8-11H,4-7,12H2,1-3H3/i2D3,3D3. The number of ether oxygens (including phenoxy) is 4. The number of hydrogen-bond donors (Lipinski definition) is 0. The number of furan rings is 1. The molecule has 0 atom stereocenters. The average Bonchev–Trinajstić information content (AvgIpc) is 3.63. The highest BCUT2D eigenvalue weighted by atomic mass is 32.1. The monoisotopic (exact) mass is 519 g/mol. The third-order valence-corrected chi connectivity index (χ3v) is 7.46. The van der Waals surface area contributed by atoms with Crippen molar-refractivity contribution in [3.05, 3.63) is 35.0 Å². The van der Waals surface area contributed by atoms with Crippen LogP contribution in [0, 0.1) is 6.92 Å². The van der Waals surface area contributed by atoms with Gasteiger partial charge in [0, 0.05) is 30.1 Å². The quantitative estimate of drug-likeness (QED) is 0.310. The van der Waals surface area contributed by atoms with Crippen LogP contribution < -0.4 is 19.1 Å². The van der Waals surface area contributed by atoms with Crippen molar-refractivity contribution in [3.63, 3.8) is 0 Å². The minimum absolute atomic E-state index is 0.0418. The Morgan fingerprint density at radius 1 is 1.11 bits per heavy atom. The van der Waals surface area contributed by atoms with Gasteiger partial charge in [0.1, 0.15) is 29.4 Å². The van der Waals surface area contributed by atoms with Gasteiger partial charge in [-0.1, -0.05) is 0 Å². The molecule has 1 fully saturated rings. The molecule has 0 spiro atoms. The summed E-state index contributed by atoms with van der Waals surface area (Å²) in [7, 11) is -5.29. The molecule has 1 saturated heterocycles. The lowest BCUT2D eigenvalue weighted by atomic mass is 10.2. The van der Waals surface area contributed by atoms with Crippen LogP contribution in [0.15, 0.2) is 28.8 Å². The van der Waals surface area contributed by atoms with E-state index in [0.717, 1.165) is 40.1 Å². The Morgan fingerprint density at radius 3 is 2.83 bits per heavy atom. The van der Waals surface area contributed by atoms with Crippen molar-refractivity contribution in [2.45, 2.75) is 13.5 Å². The minimum Gasteiger partial charge on any atom is -0.496 e. The number of nitrogens with zero attached hydrogens (tertiary/aromatic N) is 5. The van der Waals surface area contributed by atoms with Crippen molar-refractivity contribution in [3.8, 4) is 28.1 Å². The van der Waals surface area contributed by atoms with Gasteiger partial charge < -0.3 is 28.3 Å². The summed E-state index contributed by atoms with van der Waals surface area (Å²) in [5, 5.41) is 5.54. The molecular formula is C23H23N5O5S2. The van der Waals surface area contributed by atoms with Crippen LogP contribution in [0.1, 0.15) is 18.8 Å². The Balaban J connectivity index is 1.30. The molecular weight excluding hydrogens is 490 g/mol. The van der Waals surface area contributed by atoms with Gasteiger partial charge in [0.2, 0.25) is 4.96 Å². The van der Waals surface area contributed by atoms with Crippen LogP contribution in [0.2, 0.25) is 0 Å². The van der Waals surface area contributed by atoms with E-state index < -0.39 is 14.1 Å². The van der Waals surface area contributed by atoms with Crippen molar-refractivity contribution in [2.24, 2.45) is 0 Å². The largest absolute Gasteiger partial charge is 0.496 e. The molecule has 1 aliphatic rings. The van der Waals surface area contributed by atoms with Crippen LogP contribution in [-0.2, 0) is 11.3 Å². The van der Waals surface area contributed by atoms with Crippen LogP contribution in [0.5, 0.6) is 16.7 Å². The highest BCUT2D eigenvalue weighted by Gasteiger charge is 2.20. The van der Waals surface area contributed by atoms with E-state index in [2.05, 4.69) is 15.0 Å². The summed E-state index contributed by atoms with van der Waals surface area (Å²) in [6, 6.07) is 4.70. The molecule has 182 valence electrons. The molecule has 6 rings (SSSR count). The van der Waals surface area contributed by atoms with E-state index in [4.69, 9.17) is 36.6 Å². The molecule has 10 nitrogen and oxygen atoms in total. The Labute approximate surface area is 217 Å². The number of benzene rings is 1. The number of imidazole rings is 1. The second-order valence-electron chi connectivity index (χ2n) is 7.76. The van der Waals surface area contributed by atoms with Crippen LogP contribution in [-0.4, -0.2) is 60.0 Å². The summed E-state index contributed by atoms with van der Waals surface area (Å²) in [4.78, 5) is 12.8. The summed E-state index contributed by atoms with van der Waals surface area (Å²) in [5.41, 5.74) is 1.53. The molecule has 5 aromatic rings. The first kappa shape index (κ1) is 16.3. The zero-order valence-electron chi connectivity index (χ0n) is 24.4. The zero-order chi connectivity index (χ0) is 28.9.